The van der Waals surface area contributed by atoms with Crippen LogP contribution in [0.3, 0.4) is 0 Å². The zero-order chi connectivity index (χ0) is 20.8. The molecular formula is C21H40N2O4. The minimum absolute atomic E-state index is 0.0219. The molecule has 0 aliphatic heterocycles. The van der Waals surface area contributed by atoms with Gasteiger partial charge in [-0.2, -0.15) is 0 Å². The molecule has 158 valence electrons. The van der Waals surface area contributed by atoms with Crippen molar-refractivity contribution < 1.29 is 19.1 Å². The number of rotatable bonds is 14. The highest BCUT2D eigenvalue weighted by Gasteiger charge is 2.30. The summed E-state index contributed by atoms with van der Waals surface area (Å²) < 4.78 is 4.81. The normalized spacial score (nSPS) is 14.3. The van der Waals surface area contributed by atoms with Crippen LogP contribution >= 0.6 is 0 Å². The lowest BCUT2D eigenvalue weighted by atomic mass is 9.96. The lowest BCUT2D eigenvalue weighted by Crippen LogP contribution is -2.54. The maximum absolute atomic E-state index is 12.8. The van der Waals surface area contributed by atoms with Gasteiger partial charge in [0.1, 0.15) is 12.1 Å². The molecule has 2 amide bonds. The molecule has 0 aliphatic carbocycles. The van der Waals surface area contributed by atoms with Crippen LogP contribution in [0, 0.1) is 11.8 Å². The second kappa shape index (κ2) is 14.5. The van der Waals surface area contributed by atoms with Gasteiger partial charge in [0.2, 0.25) is 11.8 Å². The maximum atomic E-state index is 12.8. The van der Waals surface area contributed by atoms with Crippen molar-refractivity contribution in [2.75, 3.05) is 7.11 Å². The van der Waals surface area contributed by atoms with Gasteiger partial charge in [0, 0.05) is 6.42 Å². The number of esters is 1. The van der Waals surface area contributed by atoms with Crippen LogP contribution in [-0.4, -0.2) is 37.0 Å². The van der Waals surface area contributed by atoms with Crippen molar-refractivity contribution in [3.63, 3.8) is 0 Å². The first kappa shape index (κ1) is 25.4. The minimum Gasteiger partial charge on any atom is -0.467 e. The molecule has 2 N–H and O–H groups in total. The number of unbranched alkanes of at least 4 members (excludes halogenated alkanes) is 4. The summed E-state index contributed by atoms with van der Waals surface area (Å²) in [5.74, 6) is -0.673. The van der Waals surface area contributed by atoms with Crippen LogP contribution in [0.15, 0.2) is 0 Å². The Morgan fingerprint density at radius 3 is 2.07 bits per heavy atom. The van der Waals surface area contributed by atoms with Crippen molar-refractivity contribution in [1.82, 2.24) is 10.6 Å². The highest BCUT2D eigenvalue weighted by molar-refractivity contribution is 5.90. The van der Waals surface area contributed by atoms with Crippen LogP contribution in [0.4, 0.5) is 0 Å². The quantitative estimate of drug-likeness (QED) is 0.354. The van der Waals surface area contributed by atoms with Gasteiger partial charge in [-0.05, 0) is 24.7 Å². The summed E-state index contributed by atoms with van der Waals surface area (Å²) in [5, 5.41) is 5.65. The molecule has 0 aromatic carbocycles. The first-order chi connectivity index (χ1) is 12.8. The molecule has 0 unspecified atom stereocenters. The number of carbonyl (C=O) groups is 3. The summed E-state index contributed by atoms with van der Waals surface area (Å²) in [6, 6.07) is -1.34. The van der Waals surface area contributed by atoms with Gasteiger partial charge in [-0.3, -0.25) is 9.59 Å². The Kier molecular flexibility index (Phi) is 13.6. The molecule has 0 saturated heterocycles. The SMILES string of the molecule is CCCCCCCC(=O)N[C@H](C(=O)N[C@@H](CC(C)C)C(=O)OC)[C@@H](C)CC. The minimum atomic E-state index is -0.694. The first-order valence-corrected chi connectivity index (χ1v) is 10.4. The standard InChI is InChI=1S/C21H40N2O4/c1-7-9-10-11-12-13-18(24)23-19(16(5)8-2)20(25)22-17(14-15(3)4)21(26)27-6/h15-17,19H,7-14H2,1-6H3,(H,22,25)(H,23,24)/t16-,17-,19-/m0/s1. The molecule has 3 atom stereocenters. The van der Waals surface area contributed by atoms with E-state index < -0.39 is 18.1 Å². The van der Waals surface area contributed by atoms with Crippen LogP contribution in [0.25, 0.3) is 0 Å². The molecule has 0 bridgehead atoms. The largest absolute Gasteiger partial charge is 0.467 e. The third-order valence-electron chi connectivity index (χ3n) is 4.83. The van der Waals surface area contributed by atoms with Crippen LogP contribution in [0.5, 0.6) is 0 Å². The Labute approximate surface area is 165 Å². The number of hydrogen-bond donors (Lipinski definition) is 2. The lowest BCUT2D eigenvalue weighted by Gasteiger charge is -2.26. The fraction of sp³-hybridized carbons (Fsp3) is 0.857. The van der Waals surface area contributed by atoms with Gasteiger partial charge in [0.05, 0.1) is 7.11 Å². The summed E-state index contributed by atoms with van der Waals surface area (Å²) in [4.78, 5) is 37.0. The zero-order valence-corrected chi connectivity index (χ0v) is 18.1. The van der Waals surface area contributed by atoms with Gasteiger partial charge in [0.15, 0.2) is 0 Å². The highest BCUT2D eigenvalue weighted by Crippen LogP contribution is 2.12. The number of amides is 2. The van der Waals surface area contributed by atoms with Crippen molar-refractivity contribution in [2.45, 2.75) is 98.1 Å². The molecule has 0 radical (unpaired) electrons. The van der Waals surface area contributed by atoms with E-state index >= 15 is 0 Å². The summed E-state index contributed by atoms with van der Waals surface area (Å²) in [6.45, 7) is 10.0. The fourth-order valence-electron chi connectivity index (χ4n) is 2.93. The molecule has 0 saturated carbocycles. The molecule has 6 heteroatoms. The van der Waals surface area contributed by atoms with E-state index in [2.05, 4.69) is 17.6 Å². The van der Waals surface area contributed by atoms with Gasteiger partial charge < -0.3 is 15.4 Å². The molecule has 0 aromatic heterocycles. The van der Waals surface area contributed by atoms with Gasteiger partial charge in [0.25, 0.3) is 0 Å². The zero-order valence-electron chi connectivity index (χ0n) is 18.1. The smallest absolute Gasteiger partial charge is 0.328 e. The molecular weight excluding hydrogens is 344 g/mol. The average Bonchev–Trinajstić information content (AvgIpc) is 2.63. The van der Waals surface area contributed by atoms with Crippen LogP contribution in [-0.2, 0) is 19.1 Å². The van der Waals surface area contributed by atoms with E-state index in [4.69, 9.17) is 4.74 Å². The van der Waals surface area contributed by atoms with E-state index in [-0.39, 0.29) is 23.7 Å². The van der Waals surface area contributed by atoms with Gasteiger partial charge in [-0.15, -0.1) is 0 Å². The first-order valence-electron chi connectivity index (χ1n) is 10.4. The Balaban J connectivity index is 4.83. The fourth-order valence-corrected chi connectivity index (χ4v) is 2.93. The van der Waals surface area contributed by atoms with E-state index in [9.17, 15) is 14.4 Å². The van der Waals surface area contributed by atoms with E-state index in [1.165, 1.54) is 20.0 Å². The average molecular weight is 385 g/mol. The van der Waals surface area contributed by atoms with Crippen molar-refractivity contribution >= 4 is 17.8 Å². The molecule has 0 rings (SSSR count). The molecule has 27 heavy (non-hydrogen) atoms. The number of ether oxygens (including phenoxy) is 1. The third kappa shape index (κ3) is 11.0. The number of nitrogens with one attached hydrogen (secondary N) is 2. The second-order valence-electron chi connectivity index (χ2n) is 7.81. The Morgan fingerprint density at radius 2 is 1.56 bits per heavy atom. The molecule has 0 spiro atoms. The Hall–Kier alpha value is -1.59. The predicted molar refractivity (Wildman–Crippen MR) is 108 cm³/mol. The van der Waals surface area contributed by atoms with Crippen molar-refractivity contribution in [3.05, 3.63) is 0 Å². The van der Waals surface area contributed by atoms with Crippen molar-refractivity contribution in [1.29, 1.82) is 0 Å². The number of methoxy groups -OCH3 is 1. The lowest BCUT2D eigenvalue weighted by molar-refractivity contribution is -0.146. The topological polar surface area (TPSA) is 84.5 Å². The van der Waals surface area contributed by atoms with Crippen LogP contribution in [0.1, 0.15) is 86.0 Å². The van der Waals surface area contributed by atoms with Crippen LogP contribution in [0.2, 0.25) is 0 Å². The summed E-state index contributed by atoms with van der Waals surface area (Å²) >= 11 is 0. The number of hydrogen-bond acceptors (Lipinski definition) is 4. The summed E-state index contributed by atoms with van der Waals surface area (Å²) in [7, 11) is 1.31. The summed E-state index contributed by atoms with van der Waals surface area (Å²) in [6.07, 6.45) is 7.02. The highest BCUT2D eigenvalue weighted by atomic mass is 16.5. The summed E-state index contributed by atoms with van der Waals surface area (Å²) in [5.41, 5.74) is 0. The van der Waals surface area contributed by atoms with Crippen molar-refractivity contribution in [3.8, 4) is 0 Å². The van der Waals surface area contributed by atoms with Gasteiger partial charge in [-0.1, -0.05) is 66.7 Å². The van der Waals surface area contributed by atoms with Gasteiger partial charge >= 0.3 is 5.97 Å². The Morgan fingerprint density at radius 1 is 0.926 bits per heavy atom. The third-order valence-corrected chi connectivity index (χ3v) is 4.83. The predicted octanol–water partition coefficient (Wildman–Crippen LogP) is 3.58. The van der Waals surface area contributed by atoms with E-state index in [0.717, 1.165) is 25.7 Å². The molecule has 0 aromatic rings. The Bertz CT molecular complexity index is 451. The second-order valence-corrected chi connectivity index (χ2v) is 7.81. The van der Waals surface area contributed by atoms with E-state index in [0.29, 0.717) is 12.8 Å². The van der Waals surface area contributed by atoms with Crippen molar-refractivity contribution in [2.24, 2.45) is 11.8 Å². The molecule has 0 fully saturated rings. The van der Waals surface area contributed by atoms with Gasteiger partial charge in [-0.25, -0.2) is 4.79 Å². The molecule has 0 heterocycles. The monoisotopic (exact) mass is 384 g/mol. The van der Waals surface area contributed by atoms with Crippen LogP contribution < -0.4 is 10.6 Å². The molecule has 0 aliphatic rings. The molecule has 6 nitrogen and oxygen atoms in total. The maximum Gasteiger partial charge on any atom is 0.328 e. The number of carbonyl (C=O) groups excluding carboxylic acids is 3. The van der Waals surface area contributed by atoms with E-state index in [1.807, 2.05) is 27.7 Å². The van der Waals surface area contributed by atoms with E-state index in [1.54, 1.807) is 0 Å².